The summed E-state index contributed by atoms with van der Waals surface area (Å²) in [4.78, 5) is 18.0. The average Bonchev–Trinajstić information content (AvgIpc) is 3.55. The van der Waals surface area contributed by atoms with E-state index in [0.717, 1.165) is 12.1 Å². The van der Waals surface area contributed by atoms with Gasteiger partial charge in [-0.3, -0.25) is 4.79 Å². The number of rotatable bonds is 7. The third-order valence-electron chi connectivity index (χ3n) is 7.54. The van der Waals surface area contributed by atoms with Crippen LogP contribution in [0, 0.1) is 6.92 Å². The van der Waals surface area contributed by atoms with E-state index < -0.39 is 50.2 Å². The maximum atomic E-state index is 14.4. The summed E-state index contributed by atoms with van der Waals surface area (Å²) in [5.74, 6) is -0.483. The number of benzene rings is 3. The lowest BCUT2D eigenvalue weighted by Crippen LogP contribution is -2.42. The first-order valence-corrected chi connectivity index (χ1v) is 13.9. The van der Waals surface area contributed by atoms with Crippen molar-refractivity contribution in [1.82, 2.24) is 5.32 Å². The fourth-order valence-corrected chi connectivity index (χ4v) is 5.74. The lowest BCUT2D eigenvalue weighted by atomic mass is 9.77. The van der Waals surface area contributed by atoms with Gasteiger partial charge in [-0.25, -0.2) is 8.78 Å². The first-order valence-electron chi connectivity index (χ1n) is 12.7. The molecule has 0 saturated carbocycles. The Balaban J connectivity index is 1.32. The Morgan fingerprint density at radius 1 is 1.07 bits per heavy atom. The summed E-state index contributed by atoms with van der Waals surface area (Å²) in [5.41, 5.74) is -3.13. The SMILES string of the molecule is Cc1cc(C2=NO[C@@](c3cc(Cl)c(Cl)c(Cl)c3)(C(F)(F)F)C2)ccc1C(=O)NCc1ccc2c(c1)B(O)OC2(CF)CF. The van der Waals surface area contributed by atoms with Crippen molar-refractivity contribution in [3.05, 3.63) is 97.0 Å². The molecular weight excluding hydrogens is 640 g/mol. The monoisotopic (exact) mass is 660 g/mol. The molecule has 0 unspecified atom stereocenters. The van der Waals surface area contributed by atoms with Crippen LogP contribution in [0.5, 0.6) is 0 Å². The van der Waals surface area contributed by atoms with Crippen LogP contribution in [0.25, 0.3) is 0 Å². The minimum absolute atomic E-state index is 0.00821. The molecule has 226 valence electrons. The van der Waals surface area contributed by atoms with E-state index in [1.54, 1.807) is 13.0 Å². The zero-order chi connectivity index (χ0) is 31.3. The molecule has 0 fully saturated rings. The molecule has 43 heavy (non-hydrogen) atoms. The maximum Gasteiger partial charge on any atom is 0.492 e. The van der Waals surface area contributed by atoms with Crippen molar-refractivity contribution in [3.63, 3.8) is 0 Å². The van der Waals surface area contributed by atoms with E-state index in [9.17, 15) is 31.8 Å². The summed E-state index contributed by atoms with van der Waals surface area (Å²) in [7, 11) is -1.51. The molecule has 3 aromatic rings. The number of hydrogen-bond donors (Lipinski definition) is 2. The van der Waals surface area contributed by atoms with Crippen LogP contribution in [0.15, 0.2) is 53.7 Å². The molecule has 5 rings (SSSR count). The van der Waals surface area contributed by atoms with Gasteiger partial charge >= 0.3 is 13.3 Å². The second-order valence-electron chi connectivity index (χ2n) is 10.3. The molecule has 0 saturated heterocycles. The molecule has 0 bridgehead atoms. The van der Waals surface area contributed by atoms with Crippen molar-refractivity contribution < 1.29 is 41.3 Å². The zero-order valence-electron chi connectivity index (χ0n) is 22.2. The molecule has 2 heterocycles. The van der Waals surface area contributed by atoms with E-state index in [0.29, 0.717) is 16.7 Å². The molecule has 2 aliphatic heterocycles. The number of aryl methyl sites for hydroxylation is 1. The number of hydrogen-bond acceptors (Lipinski definition) is 5. The molecular formula is C28H21BCl3F5N2O4. The Labute approximate surface area is 257 Å². The summed E-state index contributed by atoms with van der Waals surface area (Å²) in [5, 5.41) is 16.2. The van der Waals surface area contributed by atoms with Crippen molar-refractivity contribution in [3.8, 4) is 0 Å². The molecule has 6 nitrogen and oxygen atoms in total. The number of nitrogens with zero attached hydrogens (tertiary/aromatic N) is 1. The first kappa shape index (κ1) is 31.5. The number of amides is 1. The van der Waals surface area contributed by atoms with Gasteiger partial charge in [0.1, 0.15) is 19.0 Å². The predicted molar refractivity (Wildman–Crippen MR) is 153 cm³/mol. The molecule has 1 atom stereocenters. The maximum absolute atomic E-state index is 14.4. The third-order valence-corrected chi connectivity index (χ3v) is 8.73. The molecule has 15 heteroatoms. The van der Waals surface area contributed by atoms with Crippen LogP contribution in [0.2, 0.25) is 15.1 Å². The minimum Gasteiger partial charge on any atom is -0.423 e. The van der Waals surface area contributed by atoms with Crippen molar-refractivity contribution in [2.24, 2.45) is 5.16 Å². The van der Waals surface area contributed by atoms with Crippen molar-refractivity contribution in [1.29, 1.82) is 0 Å². The van der Waals surface area contributed by atoms with Crippen LogP contribution in [-0.4, -0.2) is 43.3 Å². The Kier molecular flexibility index (Phi) is 8.47. The second kappa shape index (κ2) is 11.6. The van der Waals surface area contributed by atoms with E-state index in [-0.39, 0.29) is 49.5 Å². The van der Waals surface area contributed by atoms with Crippen molar-refractivity contribution in [2.75, 3.05) is 13.3 Å². The van der Waals surface area contributed by atoms with Crippen LogP contribution in [0.4, 0.5) is 22.0 Å². The molecule has 1 amide bonds. The van der Waals surface area contributed by atoms with Crippen LogP contribution in [-0.2, 0) is 27.2 Å². The van der Waals surface area contributed by atoms with Gasteiger partial charge in [0, 0.05) is 24.1 Å². The lowest BCUT2D eigenvalue weighted by molar-refractivity contribution is -0.275. The summed E-state index contributed by atoms with van der Waals surface area (Å²) in [6, 6.07) is 11.0. The van der Waals surface area contributed by atoms with E-state index in [1.165, 1.54) is 30.3 Å². The highest BCUT2D eigenvalue weighted by atomic mass is 35.5. The smallest absolute Gasteiger partial charge is 0.423 e. The second-order valence-corrected chi connectivity index (χ2v) is 11.4. The number of carbonyl (C=O) groups excluding carboxylic acids is 1. The predicted octanol–water partition coefficient (Wildman–Crippen LogP) is 6.32. The minimum atomic E-state index is -4.90. The number of fused-ring (bicyclic) bond motifs is 1. The molecule has 0 radical (unpaired) electrons. The first-order chi connectivity index (χ1) is 20.2. The van der Waals surface area contributed by atoms with E-state index >= 15 is 0 Å². The Hall–Kier alpha value is -2.90. The standard InChI is InChI=1S/C28H21BCl3F5N2O4/c1-14-6-16(23-10-27(43-39-23,28(35,36)37)17-8-21(30)24(32)22(31)9-17)3-4-18(14)25(40)38-11-15-2-5-19-20(7-15)29(41)42-26(19,12-33)13-34/h2-9,41H,10-13H2,1H3,(H,38,40)/t27-/m0/s1. The number of alkyl halides is 5. The van der Waals surface area contributed by atoms with Crippen molar-refractivity contribution >= 4 is 59.0 Å². The highest BCUT2D eigenvalue weighted by Gasteiger charge is 2.62. The topological polar surface area (TPSA) is 80.2 Å². The molecule has 3 aromatic carbocycles. The summed E-state index contributed by atoms with van der Waals surface area (Å²) >= 11 is 17.9. The Morgan fingerprint density at radius 2 is 1.74 bits per heavy atom. The zero-order valence-corrected chi connectivity index (χ0v) is 24.4. The fourth-order valence-electron chi connectivity index (χ4n) is 5.15. The normalized spacial score (nSPS) is 19.2. The molecule has 0 aliphatic carbocycles. The number of halogens is 8. The van der Waals surface area contributed by atoms with Crippen LogP contribution in [0.3, 0.4) is 0 Å². The van der Waals surface area contributed by atoms with Crippen LogP contribution < -0.4 is 10.8 Å². The van der Waals surface area contributed by atoms with Gasteiger partial charge in [-0.05, 0) is 58.9 Å². The third kappa shape index (κ3) is 5.48. The highest BCUT2D eigenvalue weighted by Crippen LogP contribution is 2.50. The van der Waals surface area contributed by atoms with Crippen LogP contribution >= 0.6 is 34.8 Å². The van der Waals surface area contributed by atoms with E-state index in [1.807, 2.05) is 0 Å². The van der Waals surface area contributed by atoms with E-state index in [4.69, 9.17) is 44.3 Å². The summed E-state index contributed by atoms with van der Waals surface area (Å²) < 4.78 is 75.3. The Morgan fingerprint density at radius 3 is 2.35 bits per heavy atom. The van der Waals surface area contributed by atoms with Crippen LogP contribution in [0.1, 0.15) is 44.6 Å². The van der Waals surface area contributed by atoms with Gasteiger partial charge in [0.25, 0.3) is 11.5 Å². The van der Waals surface area contributed by atoms with Crippen molar-refractivity contribution in [2.45, 2.75) is 37.3 Å². The summed E-state index contributed by atoms with van der Waals surface area (Å²) in [6.07, 6.45) is -5.58. The van der Waals surface area contributed by atoms with Gasteiger partial charge in [0.05, 0.1) is 20.8 Å². The molecule has 2 aliphatic rings. The van der Waals surface area contributed by atoms with E-state index in [2.05, 4.69) is 10.5 Å². The fraction of sp³-hybridized carbons (Fsp3) is 0.286. The van der Waals surface area contributed by atoms with Gasteiger partial charge < -0.3 is 19.8 Å². The van der Waals surface area contributed by atoms with Gasteiger partial charge in [-0.2, -0.15) is 13.2 Å². The quantitative estimate of drug-likeness (QED) is 0.177. The van der Waals surface area contributed by atoms with Gasteiger partial charge in [0.2, 0.25) is 0 Å². The molecule has 0 spiro atoms. The number of oxime groups is 1. The van der Waals surface area contributed by atoms with Gasteiger partial charge in [0.15, 0.2) is 0 Å². The largest absolute Gasteiger partial charge is 0.492 e. The average molecular weight is 662 g/mol. The highest BCUT2D eigenvalue weighted by molar-refractivity contribution is 6.62. The Bertz CT molecular complexity index is 1610. The van der Waals surface area contributed by atoms with Gasteiger partial charge in [-0.15, -0.1) is 0 Å². The molecule has 0 aromatic heterocycles. The summed E-state index contributed by atoms with van der Waals surface area (Å²) in [6.45, 7) is -0.683. The lowest BCUT2D eigenvalue weighted by Gasteiger charge is -2.30. The number of nitrogens with one attached hydrogen (secondary N) is 1. The molecule has 2 N–H and O–H groups in total. The van der Waals surface area contributed by atoms with Gasteiger partial charge in [-0.1, -0.05) is 64.2 Å². The number of carbonyl (C=O) groups is 1.